The van der Waals surface area contributed by atoms with Crippen LogP contribution in [0, 0.1) is 5.51 Å². The Morgan fingerprint density at radius 1 is 2.00 bits per heavy atom. The maximum atomic E-state index is 5.20. The van der Waals surface area contributed by atoms with Crippen LogP contribution in [0.25, 0.3) is 0 Å². The third kappa shape index (κ3) is 0.490. The fourth-order valence-electron chi connectivity index (χ4n) is 0.195. The van der Waals surface area contributed by atoms with Crippen LogP contribution in [0.3, 0.4) is 0 Å². The maximum Gasteiger partial charge on any atom is 0.154 e. The minimum atomic E-state index is 0.718. The Kier molecular flexibility index (Phi) is 0.759. The van der Waals surface area contributed by atoms with Crippen molar-refractivity contribution in [3.8, 4) is 0 Å². The Morgan fingerprint density at radius 2 is 2.83 bits per heavy atom. The van der Waals surface area contributed by atoms with E-state index in [0.29, 0.717) is 0 Å². The number of thiazole rings is 1. The molecule has 1 aromatic heterocycles. The number of hydrogen-bond acceptors (Lipinski definition) is 3. The molecule has 0 aliphatic rings. The second-order valence-electron chi connectivity index (χ2n) is 0.854. The van der Waals surface area contributed by atoms with Gasteiger partial charge in [-0.3, -0.25) is 0 Å². The summed E-state index contributed by atoms with van der Waals surface area (Å²) in [5, 5.41) is 0.718. The van der Waals surface area contributed by atoms with Crippen molar-refractivity contribution in [1.29, 1.82) is 0 Å². The van der Waals surface area contributed by atoms with Gasteiger partial charge in [0.1, 0.15) is 5.00 Å². The van der Waals surface area contributed by atoms with Gasteiger partial charge in [-0.05, 0) is 0 Å². The second kappa shape index (κ2) is 1.26. The van der Waals surface area contributed by atoms with Gasteiger partial charge in [-0.1, -0.05) is 11.3 Å². The van der Waals surface area contributed by atoms with Gasteiger partial charge in [-0.2, -0.15) is 0 Å². The molecule has 0 aliphatic heterocycles. The molecule has 0 atom stereocenters. The Bertz CT molecular complexity index is 112. The Morgan fingerprint density at radius 3 is 3.00 bits per heavy atom. The minimum Gasteiger partial charge on any atom is -0.389 e. The van der Waals surface area contributed by atoms with Crippen LogP contribution < -0.4 is 5.73 Å². The molecule has 2 N–H and O–H groups in total. The average Bonchev–Trinajstić information content (AvgIpc) is 1.86. The highest BCUT2D eigenvalue weighted by Gasteiger charge is 1.77. The van der Waals surface area contributed by atoms with Crippen LogP contribution in [0.4, 0.5) is 5.00 Å². The molecule has 0 amide bonds. The topological polar surface area (TPSA) is 38.9 Å². The molecule has 1 aromatic rings. The van der Waals surface area contributed by atoms with Crippen LogP contribution in [0.1, 0.15) is 0 Å². The predicted octanol–water partition coefficient (Wildman–Crippen LogP) is 0.525. The van der Waals surface area contributed by atoms with E-state index in [4.69, 9.17) is 5.73 Å². The van der Waals surface area contributed by atoms with E-state index in [-0.39, 0.29) is 0 Å². The first kappa shape index (κ1) is 3.61. The Hall–Kier alpha value is -0.570. The zero-order chi connectivity index (χ0) is 4.41. The van der Waals surface area contributed by atoms with E-state index in [2.05, 4.69) is 10.5 Å². The summed E-state index contributed by atoms with van der Waals surface area (Å²) in [4.78, 5) is 3.59. The van der Waals surface area contributed by atoms with E-state index in [1.54, 1.807) is 6.20 Å². The maximum absolute atomic E-state index is 5.20. The molecule has 2 nitrogen and oxygen atoms in total. The number of hydrogen-bond donors (Lipinski definition) is 1. The summed E-state index contributed by atoms with van der Waals surface area (Å²) >= 11 is 1.32. The van der Waals surface area contributed by atoms with Gasteiger partial charge in [-0.25, -0.2) is 4.98 Å². The Balaban J connectivity index is 3.05. The molecule has 1 radical (unpaired) electrons. The predicted molar refractivity (Wildman–Crippen MR) is 25.4 cm³/mol. The van der Waals surface area contributed by atoms with Gasteiger partial charge < -0.3 is 5.73 Å². The van der Waals surface area contributed by atoms with Crippen LogP contribution in [-0.2, 0) is 0 Å². The molecular weight excluding hydrogens is 96.1 g/mol. The highest BCUT2D eigenvalue weighted by molar-refractivity contribution is 7.13. The molecule has 3 heteroatoms. The molecule has 0 bridgehead atoms. The van der Waals surface area contributed by atoms with Gasteiger partial charge >= 0.3 is 0 Å². The Labute approximate surface area is 39.6 Å². The lowest BCUT2D eigenvalue weighted by Gasteiger charge is -1.66. The van der Waals surface area contributed by atoms with Crippen molar-refractivity contribution in [3.05, 3.63) is 11.7 Å². The third-order valence-electron chi connectivity index (χ3n) is 0.408. The average molecular weight is 99.1 g/mol. The smallest absolute Gasteiger partial charge is 0.154 e. The van der Waals surface area contributed by atoms with E-state index in [1.165, 1.54) is 11.3 Å². The van der Waals surface area contributed by atoms with Gasteiger partial charge in [0, 0.05) is 0 Å². The molecular formula is C3H3N2S. The molecule has 1 rings (SSSR count). The number of nitrogens with zero attached hydrogens (tertiary/aromatic N) is 1. The van der Waals surface area contributed by atoms with Crippen molar-refractivity contribution in [1.82, 2.24) is 4.98 Å². The highest BCUT2D eigenvalue weighted by atomic mass is 32.1. The third-order valence-corrected chi connectivity index (χ3v) is 0.946. The molecule has 0 aromatic carbocycles. The minimum absolute atomic E-state index is 0.718. The summed E-state index contributed by atoms with van der Waals surface area (Å²) in [6, 6.07) is 0. The summed E-state index contributed by atoms with van der Waals surface area (Å²) in [6.45, 7) is 0. The first-order valence-electron chi connectivity index (χ1n) is 1.47. The van der Waals surface area contributed by atoms with Crippen LogP contribution in [0.15, 0.2) is 6.20 Å². The molecule has 0 saturated carbocycles. The van der Waals surface area contributed by atoms with E-state index in [0.717, 1.165) is 5.00 Å². The fraction of sp³-hybridized carbons (Fsp3) is 0. The molecule has 0 fully saturated rings. The molecule has 31 valence electrons. The fourth-order valence-corrected chi connectivity index (χ4v) is 0.512. The highest BCUT2D eigenvalue weighted by Crippen LogP contribution is 2.03. The zero-order valence-corrected chi connectivity index (χ0v) is 3.83. The normalized spacial score (nSPS) is 8.67. The van der Waals surface area contributed by atoms with Crippen LogP contribution in [-0.4, -0.2) is 4.98 Å². The largest absolute Gasteiger partial charge is 0.389 e. The van der Waals surface area contributed by atoms with Crippen molar-refractivity contribution >= 4 is 16.3 Å². The molecule has 0 spiro atoms. The number of rotatable bonds is 0. The van der Waals surface area contributed by atoms with Crippen LogP contribution in [0.5, 0.6) is 0 Å². The van der Waals surface area contributed by atoms with E-state index in [9.17, 15) is 0 Å². The summed E-state index contributed by atoms with van der Waals surface area (Å²) < 4.78 is 0. The van der Waals surface area contributed by atoms with Crippen molar-refractivity contribution in [2.24, 2.45) is 0 Å². The summed E-state index contributed by atoms with van der Waals surface area (Å²) in [6.07, 6.45) is 1.57. The first-order chi connectivity index (χ1) is 2.89. The van der Waals surface area contributed by atoms with Gasteiger partial charge in [0.15, 0.2) is 5.51 Å². The lowest BCUT2D eigenvalue weighted by atomic mass is 10.9. The number of nitrogen functional groups attached to an aromatic ring is 1. The number of aromatic nitrogens is 1. The van der Waals surface area contributed by atoms with E-state index >= 15 is 0 Å². The lowest BCUT2D eigenvalue weighted by Crippen LogP contribution is -1.73. The lowest BCUT2D eigenvalue weighted by molar-refractivity contribution is 1.41. The van der Waals surface area contributed by atoms with Gasteiger partial charge in [-0.15, -0.1) is 0 Å². The van der Waals surface area contributed by atoms with Crippen molar-refractivity contribution < 1.29 is 0 Å². The standard InChI is InChI=1S/C3H3N2S/c4-3-1-5-2-6-3/h1H,4H2. The van der Waals surface area contributed by atoms with Gasteiger partial charge in [0.2, 0.25) is 0 Å². The van der Waals surface area contributed by atoms with Gasteiger partial charge in [0.05, 0.1) is 6.20 Å². The van der Waals surface area contributed by atoms with Crippen LogP contribution in [0.2, 0.25) is 0 Å². The van der Waals surface area contributed by atoms with E-state index < -0.39 is 0 Å². The summed E-state index contributed by atoms with van der Waals surface area (Å²) in [5.41, 5.74) is 7.80. The zero-order valence-electron chi connectivity index (χ0n) is 3.01. The molecule has 1 heterocycles. The van der Waals surface area contributed by atoms with Crippen molar-refractivity contribution in [3.63, 3.8) is 0 Å². The summed E-state index contributed by atoms with van der Waals surface area (Å²) in [7, 11) is 0. The second-order valence-corrected chi connectivity index (χ2v) is 1.71. The SMILES string of the molecule is Nc1cn[c]s1. The molecule has 6 heavy (non-hydrogen) atoms. The quantitative estimate of drug-likeness (QED) is 0.515. The van der Waals surface area contributed by atoms with Gasteiger partial charge in [0.25, 0.3) is 0 Å². The number of nitrogens with two attached hydrogens (primary N) is 1. The summed E-state index contributed by atoms with van der Waals surface area (Å²) in [5.74, 6) is 0. The molecule has 0 saturated heterocycles. The molecule has 0 aliphatic carbocycles. The van der Waals surface area contributed by atoms with Crippen molar-refractivity contribution in [2.45, 2.75) is 0 Å². The monoisotopic (exact) mass is 99.0 g/mol. The van der Waals surface area contributed by atoms with Crippen LogP contribution >= 0.6 is 11.3 Å². The first-order valence-corrected chi connectivity index (χ1v) is 2.28. The number of anilines is 1. The molecule has 0 unspecified atom stereocenters. The van der Waals surface area contributed by atoms with Crippen molar-refractivity contribution in [2.75, 3.05) is 5.73 Å². The van der Waals surface area contributed by atoms with E-state index in [1.807, 2.05) is 0 Å².